The first kappa shape index (κ1) is 122. The van der Waals surface area contributed by atoms with Crippen molar-refractivity contribution >= 4 is 43.1 Å². The molecule has 0 aliphatic carbocycles. The molecule has 724 valence electrons. The minimum atomic E-state index is -0.537. The number of hydrogen-bond acceptors (Lipinski definition) is 12. The number of pyridine rings is 4. The Morgan fingerprint density at radius 2 is 0.576 bits per heavy atom. The SMILES string of the molecule is CC(O)=CC(C)O.CC(O)=CC(C)O.CC(O)=CC(C)O.CC(O)=CC(C)O.Cc1[c-]c(-c2ncc(C(C)(C)C)c3cc(C(C)C)ccc23)cc(C)c1.Cc1[c-]c(-c2ncc(CC(C)C)c3cc(C(C)C)ccc23)cc(C)c1.Cc1[c-]c(-c2nccc3c(C(C)(C)C)cc(C(C)C)cc23)cc(C)c1.Cc1[c-]c(-c2nccc3c(CC(C)C)cc(C(C)C)cc23)cc(C)c1.[Ir].[Ir].[Ir].[Ir]. The molecule has 8 N–H and O–H groups in total. The number of aromatic nitrogens is 4. The molecular formula is C116H152Ir4N4O8-4. The Morgan fingerprint density at radius 3 is 0.871 bits per heavy atom. The first-order valence-corrected chi connectivity index (χ1v) is 45.5. The number of aliphatic hydroxyl groups excluding tert-OH is 8. The van der Waals surface area contributed by atoms with Crippen LogP contribution in [0.1, 0.15) is 293 Å². The summed E-state index contributed by atoms with van der Waals surface area (Å²) in [5.41, 5.74) is 29.3. The Hall–Kier alpha value is -8.00. The molecule has 132 heavy (non-hydrogen) atoms. The van der Waals surface area contributed by atoms with E-state index in [-0.39, 0.29) is 114 Å². The summed E-state index contributed by atoms with van der Waals surface area (Å²) in [6.45, 7) is 70.1. The molecule has 12 aromatic rings. The second-order valence-electron chi connectivity index (χ2n) is 39.0. The number of aryl methyl sites for hydroxylation is 8. The summed E-state index contributed by atoms with van der Waals surface area (Å²) in [7, 11) is 0. The molecule has 4 heterocycles. The van der Waals surface area contributed by atoms with E-state index in [4.69, 9.17) is 60.8 Å². The van der Waals surface area contributed by atoms with Crippen LogP contribution in [0.5, 0.6) is 0 Å². The van der Waals surface area contributed by atoms with Gasteiger partial charge in [-0.05, 0) is 261 Å². The molecule has 0 aliphatic heterocycles. The van der Waals surface area contributed by atoms with Gasteiger partial charge in [0.15, 0.2) is 0 Å². The van der Waals surface area contributed by atoms with Crippen LogP contribution in [0.25, 0.3) is 88.1 Å². The number of rotatable bonds is 16. The van der Waals surface area contributed by atoms with Gasteiger partial charge in [0.2, 0.25) is 0 Å². The molecule has 16 heteroatoms. The van der Waals surface area contributed by atoms with Crippen LogP contribution in [0.15, 0.2) is 193 Å². The van der Waals surface area contributed by atoms with E-state index in [0.717, 1.165) is 80.1 Å². The van der Waals surface area contributed by atoms with Gasteiger partial charge in [0.1, 0.15) is 0 Å². The number of allylic oxidation sites excluding steroid dienone is 4. The van der Waals surface area contributed by atoms with Crippen LogP contribution in [0.3, 0.4) is 0 Å². The number of nitrogens with zero attached hydrogens (tertiary/aromatic N) is 4. The number of fused-ring (bicyclic) bond motifs is 4. The number of hydrogen-bond donors (Lipinski definition) is 8. The predicted octanol–water partition coefficient (Wildman–Crippen LogP) is 30.1. The van der Waals surface area contributed by atoms with Gasteiger partial charge in [0.25, 0.3) is 0 Å². The van der Waals surface area contributed by atoms with Crippen molar-refractivity contribution in [3.05, 3.63) is 307 Å². The van der Waals surface area contributed by atoms with Crippen LogP contribution in [-0.4, -0.2) is 85.2 Å². The van der Waals surface area contributed by atoms with Gasteiger partial charge < -0.3 is 60.8 Å². The molecule has 0 fully saturated rings. The van der Waals surface area contributed by atoms with Gasteiger partial charge in [-0.2, -0.15) is 0 Å². The van der Waals surface area contributed by atoms with E-state index >= 15 is 0 Å². The van der Waals surface area contributed by atoms with Crippen molar-refractivity contribution in [2.45, 2.75) is 307 Å². The van der Waals surface area contributed by atoms with E-state index in [1.165, 1.54) is 162 Å². The van der Waals surface area contributed by atoms with Crippen molar-refractivity contribution in [3.63, 3.8) is 0 Å². The summed E-state index contributed by atoms with van der Waals surface area (Å²) in [4.78, 5) is 19.2. The standard InChI is InChI=1S/4C24H28N.4C5H10O2.4Ir/c1-15(2)18-13-21-20(22(14-18)24(5,6)7)8-9-25-23(21)19-11-16(3)10-17(4)12-19;1-15(2)18-8-9-20-21(13-18)22(24(5,6)7)14-25-23(20)19-11-16(3)10-17(4)12-19;1-15(2)9-20-13-19(16(3)4)14-23-22(20)7-8-25-24(23)21-11-17(5)10-18(6)12-21;1-15(2)9-21-14-25-24(20-11-17(5)10-18(6)12-20)22-8-7-19(16(3)4)13-23(21)22;4*1-4(6)3-5(2)7;;;;/h2*8-11,13-15H,1-7H3;2*7-8,10-11,13-16H,9H2,1-6H3;4*3-4,6-7H,1-2H3;;;;/q4*-1;;;;;;;;. The minimum absolute atomic E-state index is 0. The zero-order valence-corrected chi connectivity index (χ0v) is 94.6. The summed E-state index contributed by atoms with van der Waals surface area (Å²) < 4.78 is 0. The molecule has 0 bridgehead atoms. The fraction of sp³-hybridized carbons (Fsp3) is 0.414. The maximum absolute atomic E-state index is 8.49. The van der Waals surface area contributed by atoms with E-state index < -0.39 is 24.4 Å². The topological polar surface area (TPSA) is 213 Å². The maximum Gasteiger partial charge on any atom is 0.0877 e. The van der Waals surface area contributed by atoms with Crippen molar-refractivity contribution in [1.82, 2.24) is 19.9 Å². The Bertz CT molecular complexity index is 5610. The van der Waals surface area contributed by atoms with Gasteiger partial charge >= 0.3 is 0 Å². The van der Waals surface area contributed by atoms with Crippen molar-refractivity contribution in [2.75, 3.05) is 0 Å². The third-order valence-electron chi connectivity index (χ3n) is 20.9. The van der Waals surface area contributed by atoms with E-state index in [1.807, 2.05) is 12.4 Å². The summed E-state index contributed by atoms with van der Waals surface area (Å²) in [6, 6.07) is 58.8. The first-order chi connectivity index (χ1) is 59.5. The Kier molecular flexibility index (Phi) is 52.2. The molecule has 12 nitrogen and oxygen atoms in total. The van der Waals surface area contributed by atoms with E-state index in [9.17, 15) is 0 Å². The zero-order chi connectivity index (χ0) is 96.4. The number of aliphatic hydroxyl groups is 8. The van der Waals surface area contributed by atoms with Gasteiger partial charge in [-0.1, -0.05) is 241 Å². The quantitative estimate of drug-likeness (QED) is 0.0335. The fourth-order valence-corrected chi connectivity index (χ4v) is 15.4. The second-order valence-corrected chi connectivity index (χ2v) is 39.0. The molecule has 8 aromatic carbocycles. The summed E-state index contributed by atoms with van der Waals surface area (Å²) >= 11 is 0. The molecule has 4 aromatic heterocycles. The van der Waals surface area contributed by atoms with E-state index in [1.54, 1.807) is 27.7 Å². The van der Waals surface area contributed by atoms with Gasteiger partial charge in [-0.15, -0.1) is 140 Å². The molecule has 0 aliphatic rings. The predicted molar refractivity (Wildman–Crippen MR) is 545 cm³/mol. The summed E-state index contributed by atoms with van der Waals surface area (Å²) in [6.07, 6.45) is 13.5. The van der Waals surface area contributed by atoms with Crippen molar-refractivity contribution < 1.29 is 121 Å². The van der Waals surface area contributed by atoms with Crippen LogP contribution in [0.2, 0.25) is 0 Å². The van der Waals surface area contributed by atoms with Gasteiger partial charge in [-0.3, -0.25) is 0 Å². The second kappa shape index (κ2) is 56.5. The Balaban J connectivity index is 0.000000793. The fourth-order valence-electron chi connectivity index (χ4n) is 15.4. The molecule has 0 saturated carbocycles. The van der Waals surface area contributed by atoms with Gasteiger partial charge in [-0.25, -0.2) is 0 Å². The van der Waals surface area contributed by atoms with Crippen molar-refractivity contribution in [2.24, 2.45) is 11.8 Å². The normalized spacial score (nSPS) is 12.6. The first-order valence-electron chi connectivity index (χ1n) is 45.5. The van der Waals surface area contributed by atoms with Crippen LogP contribution >= 0.6 is 0 Å². The molecule has 4 radical (unpaired) electrons. The molecule has 0 saturated heterocycles. The third kappa shape index (κ3) is 39.7. The van der Waals surface area contributed by atoms with Crippen LogP contribution in [0, 0.1) is 91.5 Å². The van der Waals surface area contributed by atoms with Crippen LogP contribution in [-0.2, 0) is 104 Å². The molecule has 12 rings (SSSR count). The average molecular weight is 2500 g/mol. The summed E-state index contributed by atoms with van der Waals surface area (Å²) in [5.74, 6) is 3.94. The van der Waals surface area contributed by atoms with Gasteiger partial charge in [0.05, 0.1) is 47.5 Å². The zero-order valence-electron chi connectivity index (χ0n) is 85.1. The molecule has 0 spiro atoms. The van der Waals surface area contributed by atoms with Crippen molar-refractivity contribution in [1.29, 1.82) is 0 Å². The largest absolute Gasteiger partial charge is 0.513 e. The monoisotopic (exact) mass is 2500 g/mol. The molecule has 4 unspecified atom stereocenters. The Morgan fingerprint density at radius 1 is 0.295 bits per heavy atom. The minimum Gasteiger partial charge on any atom is -0.513 e. The molecule has 4 atom stereocenters. The van der Waals surface area contributed by atoms with Crippen LogP contribution in [0.4, 0.5) is 0 Å². The smallest absolute Gasteiger partial charge is 0.0877 e. The van der Waals surface area contributed by atoms with E-state index in [0.29, 0.717) is 35.5 Å². The molecule has 0 amide bonds. The molecular weight excluding hydrogens is 2350 g/mol. The summed E-state index contributed by atoms with van der Waals surface area (Å²) in [5, 5.41) is 77.9. The van der Waals surface area contributed by atoms with E-state index in [2.05, 4.69) is 338 Å². The van der Waals surface area contributed by atoms with Crippen LogP contribution < -0.4 is 0 Å². The third-order valence-corrected chi connectivity index (χ3v) is 20.9. The average Bonchev–Trinajstić information content (AvgIpc) is 0.757. The van der Waals surface area contributed by atoms with Crippen molar-refractivity contribution in [3.8, 4) is 45.0 Å². The maximum atomic E-state index is 8.49. The van der Waals surface area contributed by atoms with Gasteiger partial charge in [0, 0.05) is 105 Å². The number of benzene rings is 8. The Labute approximate surface area is 847 Å².